The number of methoxy groups -OCH3 is 1. The number of hydrogen-bond acceptors (Lipinski definition) is 7. The van der Waals surface area contributed by atoms with Gasteiger partial charge in [-0.1, -0.05) is 36.0 Å². The van der Waals surface area contributed by atoms with Crippen molar-refractivity contribution in [2.24, 2.45) is 0 Å². The van der Waals surface area contributed by atoms with Gasteiger partial charge in [0.2, 0.25) is 5.16 Å². The summed E-state index contributed by atoms with van der Waals surface area (Å²) in [6, 6.07) is 13.2. The van der Waals surface area contributed by atoms with Crippen molar-refractivity contribution in [3.8, 4) is 17.1 Å². The van der Waals surface area contributed by atoms with E-state index in [2.05, 4.69) is 15.6 Å². The van der Waals surface area contributed by atoms with E-state index in [0.29, 0.717) is 39.1 Å². The lowest BCUT2D eigenvalue weighted by Gasteiger charge is -2.18. The number of halogens is 1. The molecular formula is C20H13FN4O3S. The predicted octanol–water partition coefficient (Wildman–Crippen LogP) is 3.85. The van der Waals surface area contributed by atoms with Crippen LogP contribution < -0.4 is 15.8 Å². The van der Waals surface area contributed by atoms with Crippen LogP contribution in [0.5, 0.6) is 5.75 Å². The van der Waals surface area contributed by atoms with Gasteiger partial charge < -0.3 is 9.15 Å². The fraction of sp³-hybridized carbons (Fsp3) is 0.0500. The number of hydrogen-bond donors (Lipinski definition) is 1. The summed E-state index contributed by atoms with van der Waals surface area (Å²) in [5.74, 6) is 0.549. The summed E-state index contributed by atoms with van der Waals surface area (Å²) in [5, 5.41) is 11.3. The van der Waals surface area contributed by atoms with E-state index in [0.717, 1.165) is 5.39 Å². The number of ether oxygens (including phenoxy) is 1. The summed E-state index contributed by atoms with van der Waals surface area (Å²) in [7, 11) is 1.52. The van der Waals surface area contributed by atoms with Gasteiger partial charge in [0.15, 0.2) is 17.2 Å². The SMILES string of the molecule is COc1cccc2cc(C3=CSc4nnc(-c5cccc(F)c5)n4N3)c(=O)oc12. The van der Waals surface area contributed by atoms with Crippen molar-refractivity contribution in [2.45, 2.75) is 5.16 Å². The van der Waals surface area contributed by atoms with E-state index in [4.69, 9.17) is 9.15 Å². The van der Waals surface area contributed by atoms with E-state index in [9.17, 15) is 9.18 Å². The number of fused-ring (bicyclic) bond motifs is 2. The fourth-order valence-electron chi connectivity index (χ4n) is 3.11. The molecule has 0 unspecified atom stereocenters. The van der Waals surface area contributed by atoms with Crippen molar-refractivity contribution in [2.75, 3.05) is 12.5 Å². The molecular weight excluding hydrogens is 395 g/mol. The fourth-order valence-corrected chi connectivity index (χ4v) is 3.84. The van der Waals surface area contributed by atoms with E-state index >= 15 is 0 Å². The molecule has 29 heavy (non-hydrogen) atoms. The lowest BCUT2D eigenvalue weighted by atomic mass is 10.1. The zero-order valence-electron chi connectivity index (χ0n) is 15.0. The Labute approximate surface area is 167 Å². The average Bonchev–Trinajstić information content (AvgIpc) is 3.16. The molecule has 7 nitrogen and oxygen atoms in total. The average molecular weight is 408 g/mol. The molecule has 0 saturated heterocycles. The highest BCUT2D eigenvalue weighted by atomic mass is 32.2. The minimum atomic E-state index is -0.509. The molecule has 3 heterocycles. The number of nitrogens with one attached hydrogen (secondary N) is 1. The first-order valence-electron chi connectivity index (χ1n) is 8.60. The largest absolute Gasteiger partial charge is 0.493 e. The first-order valence-corrected chi connectivity index (χ1v) is 9.48. The Morgan fingerprint density at radius 1 is 1.17 bits per heavy atom. The molecule has 5 rings (SSSR count). The maximum absolute atomic E-state index is 13.6. The van der Waals surface area contributed by atoms with Gasteiger partial charge >= 0.3 is 5.63 Å². The first-order chi connectivity index (χ1) is 14.1. The monoisotopic (exact) mass is 408 g/mol. The Balaban J connectivity index is 1.57. The topological polar surface area (TPSA) is 82.2 Å². The van der Waals surface area contributed by atoms with Gasteiger partial charge in [0, 0.05) is 16.4 Å². The minimum Gasteiger partial charge on any atom is -0.493 e. The summed E-state index contributed by atoms with van der Waals surface area (Å²) in [4.78, 5) is 12.6. The summed E-state index contributed by atoms with van der Waals surface area (Å²) in [6.45, 7) is 0. The van der Waals surface area contributed by atoms with Crippen LogP contribution in [0.1, 0.15) is 5.56 Å². The molecule has 1 aliphatic rings. The Morgan fingerprint density at radius 3 is 2.86 bits per heavy atom. The first kappa shape index (κ1) is 17.5. The van der Waals surface area contributed by atoms with Crippen LogP contribution in [0.25, 0.3) is 28.1 Å². The molecule has 2 aromatic carbocycles. The molecule has 0 atom stereocenters. The van der Waals surface area contributed by atoms with Crippen LogP contribution in [-0.2, 0) is 0 Å². The second-order valence-electron chi connectivity index (χ2n) is 6.24. The lowest BCUT2D eigenvalue weighted by Crippen LogP contribution is -2.21. The van der Waals surface area contributed by atoms with Crippen LogP contribution in [0.2, 0.25) is 0 Å². The van der Waals surface area contributed by atoms with Gasteiger partial charge in [-0.05, 0) is 24.3 Å². The molecule has 9 heteroatoms. The Kier molecular flexibility index (Phi) is 4.09. The van der Waals surface area contributed by atoms with E-state index in [1.165, 1.54) is 31.0 Å². The number of benzene rings is 2. The smallest absolute Gasteiger partial charge is 0.345 e. The zero-order chi connectivity index (χ0) is 20.0. The zero-order valence-corrected chi connectivity index (χ0v) is 15.9. The molecule has 2 aromatic heterocycles. The summed E-state index contributed by atoms with van der Waals surface area (Å²) < 4.78 is 26.0. The maximum atomic E-state index is 13.6. The van der Waals surface area contributed by atoms with Crippen molar-refractivity contribution in [1.29, 1.82) is 0 Å². The third-order valence-corrected chi connectivity index (χ3v) is 5.29. The van der Waals surface area contributed by atoms with Crippen molar-refractivity contribution >= 4 is 28.4 Å². The van der Waals surface area contributed by atoms with Crippen LogP contribution >= 0.6 is 11.8 Å². The maximum Gasteiger partial charge on any atom is 0.345 e. The third kappa shape index (κ3) is 2.95. The molecule has 0 spiro atoms. The molecule has 1 N–H and O–H groups in total. The summed E-state index contributed by atoms with van der Waals surface area (Å²) in [6.07, 6.45) is 0. The molecule has 4 aromatic rings. The van der Waals surface area contributed by atoms with Gasteiger partial charge in [-0.2, -0.15) is 0 Å². The lowest BCUT2D eigenvalue weighted by molar-refractivity contribution is 0.406. The summed E-state index contributed by atoms with van der Waals surface area (Å²) >= 11 is 1.30. The van der Waals surface area contributed by atoms with Gasteiger partial charge in [-0.3, -0.25) is 5.43 Å². The molecule has 1 aliphatic heterocycles. The highest BCUT2D eigenvalue weighted by Gasteiger charge is 2.22. The molecule has 0 fully saturated rings. The van der Waals surface area contributed by atoms with Gasteiger partial charge in [-0.25, -0.2) is 13.9 Å². The van der Waals surface area contributed by atoms with E-state index < -0.39 is 5.63 Å². The highest BCUT2D eigenvalue weighted by Crippen LogP contribution is 2.32. The number of aromatic nitrogens is 3. The van der Waals surface area contributed by atoms with Crippen LogP contribution in [0.4, 0.5) is 4.39 Å². The third-order valence-electron chi connectivity index (χ3n) is 4.46. The highest BCUT2D eigenvalue weighted by molar-refractivity contribution is 8.02. The molecule has 0 bridgehead atoms. The number of para-hydroxylation sites is 1. The normalized spacial score (nSPS) is 13.0. The standard InChI is InChI=1S/C20H13FN4O3S/c1-27-16-7-3-4-11-9-14(19(26)28-17(11)16)15-10-29-20-23-22-18(25(20)24-15)12-5-2-6-13(21)8-12/h2-10,24H,1H3. The van der Waals surface area contributed by atoms with E-state index in [1.54, 1.807) is 34.3 Å². The van der Waals surface area contributed by atoms with E-state index in [-0.39, 0.29) is 5.82 Å². The predicted molar refractivity (Wildman–Crippen MR) is 108 cm³/mol. The molecule has 0 saturated carbocycles. The second-order valence-corrected chi connectivity index (χ2v) is 7.08. The second kappa shape index (κ2) is 6.78. The Bertz CT molecular complexity index is 1350. The Morgan fingerprint density at radius 2 is 2.03 bits per heavy atom. The van der Waals surface area contributed by atoms with Crippen LogP contribution in [0.15, 0.2) is 68.3 Å². The molecule has 0 aliphatic carbocycles. The number of thioether (sulfide) groups is 1. The van der Waals surface area contributed by atoms with Crippen LogP contribution in [-0.4, -0.2) is 22.0 Å². The van der Waals surface area contributed by atoms with Gasteiger partial charge in [-0.15, -0.1) is 10.2 Å². The van der Waals surface area contributed by atoms with Crippen LogP contribution in [0, 0.1) is 5.82 Å². The molecule has 0 radical (unpaired) electrons. The van der Waals surface area contributed by atoms with Crippen molar-refractivity contribution in [3.63, 3.8) is 0 Å². The van der Waals surface area contributed by atoms with Crippen molar-refractivity contribution < 1.29 is 13.5 Å². The minimum absolute atomic E-state index is 0.350. The Hall–Kier alpha value is -3.59. The quantitative estimate of drug-likeness (QED) is 0.516. The van der Waals surface area contributed by atoms with Crippen molar-refractivity contribution in [1.82, 2.24) is 14.9 Å². The van der Waals surface area contributed by atoms with E-state index in [1.807, 2.05) is 12.1 Å². The van der Waals surface area contributed by atoms with Gasteiger partial charge in [0.1, 0.15) is 5.82 Å². The number of nitrogens with zero attached hydrogens (tertiary/aromatic N) is 3. The van der Waals surface area contributed by atoms with Crippen LogP contribution in [0.3, 0.4) is 0 Å². The summed E-state index contributed by atoms with van der Waals surface area (Å²) in [5.41, 5.74) is 4.45. The number of rotatable bonds is 3. The molecule has 0 amide bonds. The van der Waals surface area contributed by atoms with Gasteiger partial charge in [0.05, 0.1) is 18.4 Å². The van der Waals surface area contributed by atoms with Crippen molar-refractivity contribution in [3.05, 3.63) is 75.7 Å². The molecule has 144 valence electrons. The van der Waals surface area contributed by atoms with Gasteiger partial charge in [0.25, 0.3) is 0 Å².